The van der Waals surface area contributed by atoms with Crippen molar-refractivity contribution in [2.24, 2.45) is 0 Å². The molecule has 0 aliphatic heterocycles. The molecule has 0 aliphatic rings. The molecule has 0 radical (unpaired) electrons. The minimum atomic E-state index is -4.84. The highest BCUT2D eigenvalue weighted by Gasteiger charge is 2.34. The number of rotatable bonds is 10. The highest BCUT2D eigenvalue weighted by Crippen LogP contribution is 2.42. The molecule has 0 atom stereocenters. The molecule has 0 heterocycles. The first-order valence-electron chi connectivity index (χ1n) is 10.1. The molecule has 0 bridgehead atoms. The van der Waals surface area contributed by atoms with Crippen LogP contribution in [0.4, 0.5) is 26.3 Å². The van der Waals surface area contributed by atoms with Gasteiger partial charge in [0.15, 0.2) is 35.6 Å². The van der Waals surface area contributed by atoms with Crippen LogP contribution >= 0.6 is 31.9 Å². The van der Waals surface area contributed by atoms with Gasteiger partial charge < -0.3 is 28.4 Å². The van der Waals surface area contributed by atoms with E-state index in [0.29, 0.717) is 29.5 Å². The Morgan fingerprint density at radius 2 is 1.22 bits per heavy atom. The summed E-state index contributed by atoms with van der Waals surface area (Å²) in [5.74, 6) is -1.36. The van der Waals surface area contributed by atoms with Gasteiger partial charge in [0.2, 0.25) is 0 Å². The van der Waals surface area contributed by atoms with Gasteiger partial charge >= 0.3 is 12.7 Å². The summed E-state index contributed by atoms with van der Waals surface area (Å²) in [6, 6.07) is 5.14. The fourth-order valence-electron chi connectivity index (χ4n) is 2.81. The lowest BCUT2D eigenvalue weighted by Crippen LogP contribution is -2.19. The van der Waals surface area contributed by atoms with Crippen molar-refractivity contribution in [3.63, 3.8) is 0 Å². The lowest BCUT2D eigenvalue weighted by atomic mass is 10.1. The average Bonchev–Trinajstić information content (AvgIpc) is 2.76. The normalized spacial score (nSPS) is 11.5. The summed E-state index contributed by atoms with van der Waals surface area (Å²) < 4.78 is 102. The van der Waals surface area contributed by atoms with Gasteiger partial charge in [0, 0.05) is 22.2 Å². The number of carbonyl (C=O) groups is 1. The van der Waals surface area contributed by atoms with Crippen LogP contribution in [0.2, 0.25) is 0 Å². The van der Waals surface area contributed by atoms with E-state index in [0.717, 1.165) is 13.2 Å². The Morgan fingerprint density at radius 3 is 1.59 bits per heavy atom. The van der Waals surface area contributed by atoms with Gasteiger partial charge in [0.25, 0.3) is 0 Å². The SMILES string of the molecule is CCOC(OCC)c1cc(Br)cc(OC(F)(F)F)c1OC.COc1c(C=O)cc(Br)cc1OC(F)(F)F. The predicted octanol–water partition coefficient (Wildman–Crippen LogP) is 7.60. The second-order valence-electron chi connectivity index (χ2n) is 6.51. The fourth-order valence-corrected chi connectivity index (χ4v) is 3.72. The summed E-state index contributed by atoms with van der Waals surface area (Å²) in [5, 5.41) is 0. The first-order chi connectivity index (χ1) is 17.2. The summed E-state index contributed by atoms with van der Waals surface area (Å²) in [6.45, 7) is 4.17. The summed E-state index contributed by atoms with van der Waals surface area (Å²) in [7, 11) is 2.41. The van der Waals surface area contributed by atoms with Crippen molar-refractivity contribution in [2.75, 3.05) is 27.4 Å². The summed E-state index contributed by atoms with van der Waals surface area (Å²) in [6.07, 6.45) is -10.1. The largest absolute Gasteiger partial charge is 0.573 e. The zero-order valence-electron chi connectivity index (χ0n) is 19.8. The topological polar surface area (TPSA) is 72.5 Å². The highest BCUT2D eigenvalue weighted by molar-refractivity contribution is 9.10. The number of benzene rings is 2. The molecule has 0 aliphatic carbocycles. The maximum Gasteiger partial charge on any atom is 0.573 e. The van der Waals surface area contributed by atoms with Crippen molar-refractivity contribution in [1.29, 1.82) is 0 Å². The number of carbonyl (C=O) groups excluding carboxylic acids is 1. The molecule has 0 fully saturated rings. The number of hydrogen-bond acceptors (Lipinski definition) is 7. The average molecular weight is 672 g/mol. The fraction of sp³-hybridized carbons (Fsp3) is 0.409. The molecular formula is C22H22Br2F6O7. The van der Waals surface area contributed by atoms with E-state index >= 15 is 0 Å². The van der Waals surface area contributed by atoms with Gasteiger partial charge in [0.1, 0.15) is 0 Å². The van der Waals surface area contributed by atoms with Crippen molar-refractivity contribution in [3.8, 4) is 23.0 Å². The number of alkyl halides is 6. The summed E-state index contributed by atoms with van der Waals surface area (Å²) in [4.78, 5) is 10.6. The van der Waals surface area contributed by atoms with E-state index in [2.05, 4.69) is 41.3 Å². The zero-order chi connectivity index (χ0) is 28.4. The maximum atomic E-state index is 12.5. The number of aldehydes is 1. The Morgan fingerprint density at radius 1 is 0.784 bits per heavy atom. The van der Waals surface area contributed by atoms with E-state index in [1.165, 1.54) is 19.2 Å². The van der Waals surface area contributed by atoms with E-state index in [-0.39, 0.29) is 21.5 Å². The molecule has 0 N–H and O–H groups in total. The molecule has 208 valence electrons. The van der Waals surface area contributed by atoms with E-state index < -0.39 is 30.5 Å². The Bertz CT molecular complexity index is 1030. The van der Waals surface area contributed by atoms with E-state index in [4.69, 9.17) is 18.9 Å². The lowest BCUT2D eigenvalue weighted by Gasteiger charge is -2.22. The Kier molecular flexibility index (Phi) is 13.0. The molecule has 0 saturated heterocycles. The van der Waals surface area contributed by atoms with Gasteiger partial charge in [-0.3, -0.25) is 4.79 Å². The molecule has 0 unspecified atom stereocenters. The van der Waals surface area contributed by atoms with Crippen LogP contribution in [0.3, 0.4) is 0 Å². The molecule has 15 heteroatoms. The quantitative estimate of drug-likeness (QED) is 0.146. The van der Waals surface area contributed by atoms with Crippen molar-refractivity contribution in [2.45, 2.75) is 32.9 Å². The van der Waals surface area contributed by atoms with E-state index in [1.54, 1.807) is 19.9 Å². The Labute approximate surface area is 225 Å². The number of hydrogen-bond donors (Lipinski definition) is 0. The molecule has 0 aromatic heterocycles. The number of ether oxygens (including phenoxy) is 6. The third kappa shape index (κ3) is 11.0. The van der Waals surface area contributed by atoms with E-state index in [9.17, 15) is 31.1 Å². The third-order valence-corrected chi connectivity index (χ3v) is 4.89. The molecular weight excluding hydrogens is 650 g/mol. The van der Waals surface area contributed by atoms with Crippen LogP contribution in [0.15, 0.2) is 33.2 Å². The highest BCUT2D eigenvalue weighted by atomic mass is 79.9. The standard InChI is InChI=1S/C13H16BrF3O4.C9H6BrF3O3/c1-4-19-12(20-5-2)9-6-8(14)7-10(11(9)18-3)21-13(15,16)17;1-15-8-5(4-14)2-6(10)3-7(8)16-9(11,12)13/h6-7,12H,4-5H2,1-3H3;2-4H,1H3. The van der Waals surface area contributed by atoms with Crippen molar-refractivity contribution in [1.82, 2.24) is 0 Å². The Hall–Kier alpha value is -2.23. The molecule has 0 amide bonds. The summed E-state index contributed by atoms with van der Waals surface area (Å²) in [5.41, 5.74) is 0.283. The lowest BCUT2D eigenvalue weighted by molar-refractivity contribution is -0.276. The third-order valence-electron chi connectivity index (χ3n) is 3.97. The van der Waals surface area contributed by atoms with Crippen LogP contribution in [0.1, 0.15) is 36.1 Å². The molecule has 2 aromatic rings. The predicted molar refractivity (Wildman–Crippen MR) is 126 cm³/mol. The molecule has 37 heavy (non-hydrogen) atoms. The minimum absolute atomic E-state index is 0.0314. The van der Waals surface area contributed by atoms with Crippen LogP contribution < -0.4 is 18.9 Å². The molecule has 2 aromatic carbocycles. The maximum absolute atomic E-state index is 12.5. The smallest absolute Gasteiger partial charge is 0.492 e. The van der Waals surface area contributed by atoms with Gasteiger partial charge in [-0.1, -0.05) is 31.9 Å². The van der Waals surface area contributed by atoms with Crippen LogP contribution in [0.25, 0.3) is 0 Å². The van der Waals surface area contributed by atoms with Crippen molar-refractivity contribution in [3.05, 3.63) is 44.3 Å². The minimum Gasteiger partial charge on any atom is -0.492 e. The zero-order valence-corrected chi connectivity index (χ0v) is 22.9. The van der Waals surface area contributed by atoms with Crippen LogP contribution in [-0.2, 0) is 9.47 Å². The first kappa shape index (κ1) is 32.8. The second kappa shape index (κ2) is 14.6. The van der Waals surface area contributed by atoms with Crippen molar-refractivity contribution >= 4 is 38.1 Å². The van der Waals surface area contributed by atoms with Crippen LogP contribution in [0, 0.1) is 0 Å². The van der Waals surface area contributed by atoms with Gasteiger partial charge in [-0.2, -0.15) is 0 Å². The molecule has 0 spiro atoms. The van der Waals surface area contributed by atoms with Gasteiger partial charge in [-0.25, -0.2) is 0 Å². The van der Waals surface area contributed by atoms with Crippen molar-refractivity contribution < 1.29 is 59.6 Å². The van der Waals surface area contributed by atoms with Crippen LogP contribution in [-0.4, -0.2) is 46.4 Å². The first-order valence-corrected chi connectivity index (χ1v) is 11.7. The van der Waals surface area contributed by atoms with Gasteiger partial charge in [0.05, 0.1) is 25.3 Å². The van der Waals surface area contributed by atoms with Crippen LogP contribution in [0.5, 0.6) is 23.0 Å². The van der Waals surface area contributed by atoms with Gasteiger partial charge in [-0.15, -0.1) is 26.3 Å². The number of methoxy groups -OCH3 is 2. The molecule has 2 rings (SSSR count). The molecule has 7 nitrogen and oxygen atoms in total. The summed E-state index contributed by atoms with van der Waals surface area (Å²) >= 11 is 6.10. The van der Waals surface area contributed by atoms with Gasteiger partial charge in [-0.05, 0) is 38.1 Å². The monoisotopic (exact) mass is 670 g/mol. The Balaban J connectivity index is 0.000000384. The number of halogens is 8. The second-order valence-corrected chi connectivity index (χ2v) is 8.34. The van der Waals surface area contributed by atoms with E-state index in [1.807, 2.05) is 0 Å². The molecule has 0 saturated carbocycles.